The third kappa shape index (κ3) is 2.50. The van der Waals surface area contributed by atoms with E-state index in [4.69, 9.17) is 16.1 Å². The van der Waals surface area contributed by atoms with Gasteiger partial charge in [0.15, 0.2) is 10.8 Å². The third-order valence-corrected chi connectivity index (χ3v) is 3.38. The summed E-state index contributed by atoms with van der Waals surface area (Å²) in [7, 11) is 1.69. The maximum absolute atomic E-state index is 12.6. The fourth-order valence-electron chi connectivity index (χ4n) is 2.15. The molecule has 3 aromatic heterocycles. The second kappa shape index (κ2) is 5.21. The van der Waals surface area contributed by atoms with E-state index >= 15 is 0 Å². The van der Waals surface area contributed by atoms with Crippen LogP contribution >= 0.6 is 11.6 Å². The highest BCUT2D eigenvalue weighted by atomic mass is 35.5. The molecule has 21 heavy (non-hydrogen) atoms. The number of pyridine rings is 1. The number of nitrogens with zero attached hydrogens (tertiary/aromatic N) is 4. The first-order valence-corrected chi connectivity index (χ1v) is 6.74. The summed E-state index contributed by atoms with van der Waals surface area (Å²) in [4.78, 5) is 18.3. The number of carbonyl (C=O) groups is 1. The number of aryl methyl sites for hydroxylation is 1. The van der Waals surface area contributed by atoms with Crippen LogP contribution in [0.2, 0.25) is 5.15 Å². The van der Waals surface area contributed by atoms with Gasteiger partial charge in [-0.25, -0.2) is 4.98 Å². The Labute approximate surface area is 125 Å². The van der Waals surface area contributed by atoms with Crippen LogP contribution in [0.25, 0.3) is 5.65 Å². The SMILES string of the molecule is Cc1cc(CN(C)C(=O)c2c(Cl)nc3ccccn23)no1. The predicted molar refractivity (Wildman–Crippen MR) is 77.2 cm³/mol. The minimum absolute atomic E-state index is 0.189. The van der Waals surface area contributed by atoms with Crippen LogP contribution < -0.4 is 0 Å². The molecule has 0 aromatic carbocycles. The van der Waals surface area contributed by atoms with E-state index < -0.39 is 0 Å². The van der Waals surface area contributed by atoms with Crippen molar-refractivity contribution in [3.05, 3.63) is 52.8 Å². The van der Waals surface area contributed by atoms with Gasteiger partial charge in [0, 0.05) is 19.3 Å². The van der Waals surface area contributed by atoms with E-state index in [1.807, 2.05) is 12.1 Å². The summed E-state index contributed by atoms with van der Waals surface area (Å²) in [5, 5.41) is 4.07. The van der Waals surface area contributed by atoms with E-state index in [1.165, 1.54) is 4.90 Å². The number of amides is 1. The predicted octanol–water partition coefficient (Wildman–Crippen LogP) is 2.56. The van der Waals surface area contributed by atoms with Crippen molar-refractivity contribution >= 4 is 23.2 Å². The monoisotopic (exact) mass is 304 g/mol. The van der Waals surface area contributed by atoms with Crippen LogP contribution in [0, 0.1) is 6.92 Å². The Morgan fingerprint density at radius 1 is 1.48 bits per heavy atom. The lowest BCUT2D eigenvalue weighted by Crippen LogP contribution is -2.27. The number of hydrogen-bond acceptors (Lipinski definition) is 4. The number of halogens is 1. The zero-order valence-electron chi connectivity index (χ0n) is 11.6. The van der Waals surface area contributed by atoms with Crippen molar-refractivity contribution in [1.82, 2.24) is 19.4 Å². The summed E-state index contributed by atoms with van der Waals surface area (Å²) in [6.45, 7) is 2.15. The summed E-state index contributed by atoms with van der Waals surface area (Å²) in [6, 6.07) is 7.25. The second-order valence-corrected chi connectivity index (χ2v) is 5.13. The molecule has 3 rings (SSSR count). The summed E-state index contributed by atoms with van der Waals surface area (Å²) in [5.41, 5.74) is 1.67. The molecule has 6 nitrogen and oxygen atoms in total. The lowest BCUT2D eigenvalue weighted by molar-refractivity contribution is 0.0775. The van der Waals surface area contributed by atoms with Gasteiger partial charge in [0.2, 0.25) is 0 Å². The largest absolute Gasteiger partial charge is 0.361 e. The maximum Gasteiger partial charge on any atom is 0.274 e. The molecule has 3 aromatic rings. The van der Waals surface area contributed by atoms with Gasteiger partial charge < -0.3 is 9.42 Å². The Balaban J connectivity index is 1.91. The molecule has 0 fully saturated rings. The van der Waals surface area contributed by atoms with Crippen LogP contribution in [0.5, 0.6) is 0 Å². The molecule has 0 spiro atoms. The van der Waals surface area contributed by atoms with Crippen LogP contribution in [0.15, 0.2) is 35.0 Å². The van der Waals surface area contributed by atoms with E-state index in [-0.39, 0.29) is 11.1 Å². The minimum Gasteiger partial charge on any atom is -0.361 e. The maximum atomic E-state index is 12.6. The molecule has 0 radical (unpaired) electrons. The first kappa shape index (κ1) is 13.6. The molecule has 0 aliphatic heterocycles. The van der Waals surface area contributed by atoms with E-state index in [2.05, 4.69) is 10.1 Å². The van der Waals surface area contributed by atoms with Gasteiger partial charge in [-0.15, -0.1) is 0 Å². The number of fused-ring (bicyclic) bond motifs is 1. The Bertz CT molecular complexity index is 808. The lowest BCUT2D eigenvalue weighted by atomic mass is 10.3. The van der Waals surface area contributed by atoms with Crippen molar-refractivity contribution in [1.29, 1.82) is 0 Å². The van der Waals surface area contributed by atoms with Crippen molar-refractivity contribution in [3.63, 3.8) is 0 Å². The van der Waals surface area contributed by atoms with E-state index in [0.29, 0.717) is 29.3 Å². The molecule has 0 bridgehead atoms. The number of aromatic nitrogens is 3. The smallest absolute Gasteiger partial charge is 0.274 e. The molecule has 0 saturated heterocycles. The van der Waals surface area contributed by atoms with Crippen LogP contribution in [-0.2, 0) is 6.54 Å². The van der Waals surface area contributed by atoms with E-state index in [1.54, 1.807) is 36.7 Å². The molecular formula is C14H13ClN4O2. The van der Waals surface area contributed by atoms with Gasteiger partial charge in [-0.2, -0.15) is 0 Å². The molecule has 108 valence electrons. The fourth-order valence-corrected chi connectivity index (χ4v) is 2.40. The van der Waals surface area contributed by atoms with Crippen LogP contribution in [-0.4, -0.2) is 32.4 Å². The zero-order chi connectivity index (χ0) is 15.0. The molecule has 0 aliphatic rings. The molecule has 3 heterocycles. The molecule has 0 unspecified atom stereocenters. The Morgan fingerprint density at radius 2 is 2.29 bits per heavy atom. The van der Waals surface area contributed by atoms with Crippen molar-refractivity contribution in [2.24, 2.45) is 0 Å². The fraction of sp³-hybridized carbons (Fsp3) is 0.214. The molecule has 1 amide bonds. The number of rotatable bonds is 3. The third-order valence-electron chi connectivity index (χ3n) is 3.11. The quantitative estimate of drug-likeness (QED) is 0.746. The Kier molecular flexibility index (Phi) is 3.39. The Morgan fingerprint density at radius 3 is 3.00 bits per heavy atom. The summed E-state index contributed by atoms with van der Waals surface area (Å²) < 4.78 is 6.67. The van der Waals surface area contributed by atoms with Gasteiger partial charge in [0.25, 0.3) is 5.91 Å². The number of hydrogen-bond donors (Lipinski definition) is 0. The average Bonchev–Trinajstić information content (AvgIpc) is 3.00. The van der Waals surface area contributed by atoms with Gasteiger partial charge >= 0.3 is 0 Å². The lowest BCUT2D eigenvalue weighted by Gasteiger charge is -2.15. The number of imidazole rings is 1. The molecular weight excluding hydrogens is 292 g/mol. The molecule has 0 saturated carbocycles. The first-order chi connectivity index (χ1) is 10.1. The van der Waals surface area contributed by atoms with Crippen LogP contribution in [0.1, 0.15) is 21.9 Å². The topological polar surface area (TPSA) is 63.6 Å². The van der Waals surface area contributed by atoms with Gasteiger partial charge in [0.05, 0.1) is 6.54 Å². The van der Waals surface area contributed by atoms with Gasteiger partial charge in [-0.1, -0.05) is 22.8 Å². The van der Waals surface area contributed by atoms with Crippen molar-refractivity contribution < 1.29 is 9.32 Å². The minimum atomic E-state index is -0.223. The van der Waals surface area contributed by atoms with Crippen molar-refractivity contribution in [2.75, 3.05) is 7.05 Å². The summed E-state index contributed by atoms with van der Waals surface area (Å²) in [5.74, 6) is 0.484. The van der Waals surface area contributed by atoms with Crippen LogP contribution in [0.4, 0.5) is 0 Å². The molecule has 0 aliphatic carbocycles. The summed E-state index contributed by atoms with van der Waals surface area (Å²) >= 11 is 6.10. The Hall–Kier alpha value is -2.34. The molecule has 7 heteroatoms. The standard InChI is InChI=1S/C14H13ClN4O2/c1-9-7-10(17-21-9)8-18(2)14(20)12-13(15)16-11-5-3-4-6-19(11)12/h3-7H,8H2,1-2H3. The van der Waals surface area contributed by atoms with Crippen molar-refractivity contribution in [3.8, 4) is 0 Å². The highest BCUT2D eigenvalue weighted by molar-refractivity contribution is 6.32. The zero-order valence-corrected chi connectivity index (χ0v) is 12.3. The highest BCUT2D eigenvalue weighted by Crippen LogP contribution is 2.19. The second-order valence-electron chi connectivity index (χ2n) is 4.77. The van der Waals surface area contributed by atoms with Crippen LogP contribution in [0.3, 0.4) is 0 Å². The van der Waals surface area contributed by atoms with E-state index in [0.717, 1.165) is 0 Å². The summed E-state index contributed by atoms with van der Waals surface area (Å²) in [6.07, 6.45) is 1.76. The average molecular weight is 305 g/mol. The number of carbonyl (C=O) groups excluding carboxylic acids is 1. The van der Waals surface area contributed by atoms with Gasteiger partial charge in [-0.05, 0) is 19.1 Å². The highest BCUT2D eigenvalue weighted by Gasteiger charge is 2.22. The molecule has 0 atom stereocenters. The van der Waals surface area contributed by atoms with Crippen molar-refractivity contribution in [2.45, 2.75) is 13.5 Å². The molecule has 0 N–H and O–H groups in total. The van der Waals surface area contributed by atoms with Gasteiger partial charge in [0.1, 0.15) is 17.1 Å². The van der Waals surface area contributed by atoms with Gasteiger partial charge in [-0.3, -0.25) is 9.20 Å². The van der Waals surface area contributed by atoms with E-state index in [9.17, 15) is 4.79 Å². The normalized spacial score (nSPS) is 11.0. The first-order valence-electron chi connectivity index (χ1n) is 6.36.